The molecule has 1 aliphatic heterocycles. The summed E-state index contributed by atoms with van der Waals surface area (Å²) >= 11 is 0. The number of aryl methyl sites for hydroxylation is 4. The van der Waals surface area contributed by atoms with Crippen molar-refractivity contribution in [3.05, 3.63) is 92.8 Å². The monoisotopic (exact) mass is 849 g/mol. The third-order valence-corrected chi connectivity index (χ3v) is 13.7. The van der Waals surface area contributed by atoms with E-state index in [1.54, 1.807) is 0 Å². The molecule has 0 bridgehead atoms. The summed E-state index contributed by atoms with van der Waals surface area (Å²) in [4.78, 5) is 0. The molecule has 1 aliphatic rings. The molecule has 0 aliphatic carbocycles. The van der Waals surface area contributed by atoms with Gasteiger partial charge in [0, 0.05) is 16.7 Å². The third kappa shape index (κ3) is 20.9. The van der Waals surface area contributed by atoms with E-state index in [1.165, 1.54) is 243 Å². The van der Waals surface area contributed by atoms with Crippen molar-refractivity contribution in [1.29, 1.82) is 0 Å². The Balaban J connectivity index is 2.14. The van der Waals surface area contributed by atoms with Crippen molar-refractivity contribution in [2.45, 2.75) is 279 Å². The number of rotatable bonds is 39. The SMILES string of the molecule is CCCCCCCC=C1C(CCCC)=C(c2cc(CCCCCCCC)cc(CCCCCCCC)c2)[N+]([NH-])=C1c1cc(CCCCCCCC)cc(CCCCCCCC)c1. The minimum absolute atomic E-state index is 1.04. The molecule has 2 aromatic carbocycles. The van der Waals surface area contributed by atoms with Gasteiger partial charge in [0.25, 0.3) is 0 Å². The van der Waals surface area contributed by atoms with E-state index in [4.69, 9.17) is 0 Å². The van der Waals surface area contributed by atoms with Gasteiger partial charge >= 0.3 is 0 Å². The van der Waals surface area contributed by atoms with Crippen molar-refractivity contribution in [3.63, 3.8) is 0 Å². The molecule has 0 amide bonds. The molecule has 3 rings (SSSR count). The van der Waals surface area contributed by atoms with Crippen molar-refractivity contribution < 1.29 is 4.68 Å². The summed E-state index contributed by atoms with van der Waals surface area (Å²) in [5.74, 6) is 10.3. The Morgan fingerprint density at radius 1 is 0.355 bits per heavy atom. The van der Waals surface area contributed by atoms with E-state index in [0.717, 1.165) is 50.7 Å². The van der Waals surface area contributed by atoms with Crippen LogP contribution in [0.25, 0.3) is 11.5 Å². The van der Waals surface area contributed by atoms with Gasteiger partial charge in [0.15, 0.2) is 0 Å². The fraction of sp³-hybridized carbons (Fsp3) is 0.717. The van der Waals surface area contributed by atoms with Crippen LogP contribution < -0.4 is 0 Å². The number of benzene rings is 2. The lowest BCUT2D eigenvalue weighted by Crippen LogP contribution is -2.13. The van der Waals surface area contributed by atoms with Gasteiger partial charge in [0.2, 0.25) is 11.4 Å². The number of unbranched alkanes of at least 4 members (excludes halogenated alkanes) is 26. The number of hydrogen-bond acceptors (Lipinski definition) is 0. The number of allylic oxidation sites excluding steroid dienone is 3. The molecule has 62 heavy (non-hydrogen) atoms. The number of hydrogen-bond donors (Lipinski definition) is 0. The zero-order valence-electron chi connectivity index (χ0n) is 42.2. The Morgan fingerprint density at radius 2 is 0.677 bits per heavy atom. The largest absolute Gasteiger partial charge is 0.448 e. The van der Waals surface area contributed by atoms with Crippen molar-refractivity contribution in [3.8, 4) is 0 Å². The second-order valence-electron chi connectivity index (χ2n) is 19.6. The Morgan fingerprint density at radius 3 is 1.05 bits per heavy atom. The molecule has 0 aromatic heterocycles. The first-order valence-corrected chi connectivity index (χ1v) is 27.6. The van der Waals surface area contributed by atoms with Crippen LogP contribution in [0.15, 0.2) is 53.6 Å². The molecule has 0 saturated heterocycles. The highest BCUT2D eigenvalue weighted by Crippen LogP contribution is 2.39. The second-order valence-corrected chi connectivity index (χ2v) is 19.6. The first-order chi connectivity index (χ1) is 30.5. The standard InChI is InChI=1S/C60H100N2/c1-7-13-19-24-29-34-39-51-45-52(40-35-30-25-20-14-8-2)48-55(47-51)59-57(43-18-12-6)58(44-38-33-28-23-17-11-5)60(62(59)61)56-49-53(41-36-31-26-21-15-9-3)46-54(50-56)42-37-32-27-22-16-10-4/h44-50,61H,7-43H2,1-6H3. The average Bonchev–Trinajstić information content (AvgIpc) is 3.56. The van der Waals surface area contributed by atoms with Crippen LogP contribution in [0, 0.1) is 0 Å². The van der Waals surface area contributed by atoms with E-state index in [2.05, 4.69) is 84.0 Å². The molecule has 0 radical (unpaired) electrons. The van der Waals surface area contributed by atoms with E-state index in [9.17, 15) is 5.84 Å². The van der Waals surface area contributed by atoms with Crippen molar-refractivity contribution in [2.75, 3.05) is 0 Å². The maximum absolute atomic E-state index is 10.3. The Bertz CT molecular complexity index is 1490. The smallest absolute Gasteiger partial charge is 0.215 e. The minimum atomic E-state index is 1.04. The van der Waals surface area contributed by atoms with E-state index < -0.39 is 0 Å². The summed E-state index contributed by atoms with van der Waals surface area (Å²) in [6.45, 7) is 13.9. The van der Waals surface area contributed by atoms with Gasteiger partial charge in [-0.1, -0.05) is 220 Å². The summed E-state index contributed by atoms with van der Waals surface area (Å²) < 4.78 is 1.95. The molecule has 1 N–H and O–H groups in total. The minimum Gasteiger partial charge on any atom is -0.448 e. The first-order valence-electron chi connectivity index (χ1n) is 27.6. The Hall–Kier alpha value is -2.61. The van der Waals surface area contributed by atoms with E-state index >= 15 is 0 Å². The predicted molar refractivity (Wildman–Crippen MR) is 278 cm³/mol. The van der Waals surface area contributed by atoms with Crippen LogP contribution in [0.5, 0.6) is 0 Å². The molecule has 0 spiro atoms. The Kier molecular flexibility index (Phi) is 30.1. The maximum Gasteiger partial charge on any atom is 0.215 e. The zero-order valence-corrected chi connectivity index (χ0v) is 42.2. The fourth-order valence-corrected chi connectivity index (χ4v) is 9.86. The van der Waals surface area contributed by atoms with Crippen LogP contribution in [-0.4, -0.2) is 10.4 Å². The molecule has 0 fully saturated rings. The van der Waals surface area contributed by atoms with Crippen LogP contribution in [-0.2, 0) is 25.7 Å². The van der Waals surface area contributed by atoms with Gasteiger partial charge in [0.05, 0.1) is 5.57 Å². The topological polar surface area (TPSA) is 26.8 Å². The summed E-state index contributed by atoms with van der Waals surface area (Å²) in [5.41, 5.74) is 13.7. The van der Waals surface area contributed by atoms with Gasteiger partial charge in [-0.3, -0.25) is 0 Å². The van der Waals surface area contributed by atoms with Gasteiger partial charge < -0.3 is 5.84 Å². The summed E-state index contributed by atoms with van der Waals surface area (Å²) in [5, 5.41) is 0. The predicted octanol–water partition coefficient (Wildman–Crippen LogP) is 20.0. The number of nitrogens with one attached hydrogen (secondary N) is 1. The summed E-state index contributed by atoms with van der Waals surface area (Å²) in [6, 6.07) is 15.2. The maximum atomic E-state index is 10.3. The summed E-state index contributed by atoms with van der Waals surface area (Å²) in [6.07, 6.45) is 50.1. The zero-order chi connectivity index (χ0) is 44.5. The molecule has 350 valence electrons. The number of nitrogens with zero attached hydrogens (tertiary/aromatic N) is 1. The van der Waals surface area contributed by atoms with Crippen molar-refractivity contribution in [1.82, 2.24) is 0 Å². The van der Waals surface area contributed by atoms with Crippen LogP contribution >= 0.6 is 0 Å². The summed E-state index contributed by atoms with van der Waals surface area (Å²) in [7, 11) is 0. The molecule has 0 saturated carbocycles. The van der Waals surface area contributed by atoms with Crippen molar-refractivity contribution >= 4 is 11.4 Å². The molecule has 0 unspecified atom stereocenters. The average molecular weight is 849 g/mol. The van der Waals surface area contributed by atoms with Crippen molar-refractivity contribution in [2.24, 2.45) is 0 Å². The normalized spacial score (nSPS) is 13.7. The highest BCUT2D eigenvalue weighted by Gasteiger charge is 2.35. The Labute approximate surface area is 386 Å². The van der Waals surface area contributed by atoms with Gasteiger partial charge in [-0.25, -0.2) is 4.68 Å². The van der Waals surface area contributed by atoms with Gasteiger partial charge in [-0.05, 0) is 124 Å². The quantitative estimate of drug-likeness (QED) is 0.0473. The van der Waals surface area contributed by atoms with E-state index in [0.29, 0.717) is 0 Å². The highest BCUT2D eigenvalue weighted by molar-refractivity contribution is 6.16. The van der Waals surface area contributed by atoms with E-state index in [-0.39, 0.29) is 0 Å². The molecular weight excluding hydrogens is 749 g/mol. The molecule has 0 atom stereocenters. The van der Waals surface area contributed by atoms with E-state index in [1.807, 2.05) is 4.68 Å². The van der Waals surface area contributed by atoms with Gasteiger partial charge in [-0.2, -0.15) is 0 Å². The second kappa shape index (κ2) is 34.8. The highest BCUT2D eigenvalue weighted by atomic mass is 15.3. The fourth-order valence-electron chi connectivity index (χ4n) is 9.86. The van der Waals surface area contributed by atoms with Crippen LogP contribution in [0.1, 0.15) is 287 Å². The molecule has 2 aromatic rings. The van der Waals surface area contributed by atoms with Gasteiger partial charge in [-0.15, -0.1) is 0 Å². The molecule has 1 heterocycles. The van der Waals surface area contributed by atoms with Crippen LogP contribution in [0.3, 0.4) is 0 Å². The lowest BCUT2D eigenvalue weighted by molar-refractivity contribution is -0.347. The first kappa shape index (κ1) is 53.7. The van der Waals surface area contributed by atoms with Gasteiger partial charge in [0.1, 0.15) is 0 Å². The van der Waals surface area contributed by atoms with Crippen LogP contribution in [0.4, 0.5) is 0 Å². The molecule has 2 nitrogen and oxygen atoms in total. The molecular formula is C60H100N2. The molecule has 2 heteroatoms. The lowest BCUT2D eigenvalue weighted by Gasteiger charge is -2.14. The van der Waals surface area contributed by atoms with Crippen LogP contribution in [0.2, 0.25) is 0 Å². The lowest BCUT2D eigenvalue weighted by atomic mass is 9.88. The third-order valence-electron chi connectivity index (χ3n) is 13.7.